The van der Waals surface area contributed by atoms with Crippen molar-refractivity contribution in [3.63, 3.8) is 0 Å². The van der Waals surface area contributed by atoms with Crippen molar-refractivity contribution >= 4 is 17.5 Å². The molecule has 104 valence electrons. The summed E-state index contributed by atoms with van der Waals surface area (Å²) in [6, 6.07) is 7.30. The lowest BCUT2D eigenvalue weighted by atomic mass is 9.79. The first-order valence-corrected chi connectivity index (χ1v) is 7.23. The van der Waals surface area contributed by atoms with E-state index in [1.807, 2.05) is 23.1 Å². The zero-order chi connectivity index (χ0) is 14.3. The highest BCUT2D eigenvalue weighted by Gasteiger charge is 2.44. The normalized spacial score (nSPS) is 21.2. The average Bonchev–Trinajstić information content (AvgIpc) is 2.26. The fourth-order valence-electron chi connectivity index (χ4n) is 3.30. The molecular weight excluding hydrogens is 258 g/mol. The topological polar surface area (TPSA) is 20.3 Å². The molecular formula is C16H22ClNO. The van der Waals surface area contributed by atoms with E-state index in [9.17, 15) is 4.79 Å². The Bertz CT molecular complexity index is 477. The number of halogens is 1. The minimum atomic E-state index is -0.127. The molecule has 1 aromatic rings. The van der Waals surface area contributed by atoms with Crippen LogP contribution in [0.25, 0.3) is 0 Å². The van der Waals surface area contributed by atoms with E-state index in [0.717, 1.165) is 19.3 Å². The predicted molar refractivity (Wildman–Crippen MR) is 79.6 cm³/mol. The number of hydrogen-bond donors (Lipinski definition) is 0. The second kappa shape index (κ2) is 4.82. The van der Waals surface area contributed by atoms with Crippen LogP contribution in [0.5, 0.6) is 0 Å². The van der Waals surface area contributed by atoms with Gasteiger partial charge in [-0.2, -0.15) is 0 Å². The third-order valence-corrected chi connectivity index (χ3v) is 4.42. The molecule has 0 saturated carbocycles. The summed E-state index contributed by atoms with van der Waals surface area (Å²) in [5, 5.41) is 0.532. The van der Waals surface area contributed by atoms with Crippen LogP contribution in [0.3, 0.4) is 0 Å². The van der Waals surface area contributed by atoms with Crippen LogP contribution < -0.4 is 0 Å². The lowest BCUT2D eigenvalue weighted by molar-refractivity contribution is -0.0111. The Hall–Kier alpha value is -1.02. The van der Waals surface area contributed by atoms with Crippen molar-refractivity contribution in [3.8, 4) is 0 Å². The molecule has 1 heterocycles. The molecule has 0 atom stereocenters. The van der Waals surface area contributed by atoms with E-state index in [4.69, 9.17) is 11.6 Å². The van der Waals surface area contributed by atoms with Gasteiger partial charge < -0.3 is 4.90 Å². The molecule has 2 nitrogen and oxygen atoms in total. The van der Waals surface area contributed by atoms with Gasteiger partial charge in [0.2, 0.25) is 0 Å². The lowest BCUT2D eigenvalue weighted by Crippen LogP contribution is -2.60. The molecule has 0 aliphatic carbocycles. The molecule has 1 aliphatic heterocycles. The van der Waals surface area contributed by atoms with Gasteiger partial charge in [-0.3, -0.25) is 4.79 Å². The Morgan fingerprint density at radius 3 is 2.16 bits per heavy atom. The van der Waals surface area contributed by atoms with E-state index in [-0.39, 0.29) is 17.0 Å². The van der Waals surface area contributed by atoms with Crippen molar-refractivity contribution in [1.82, 2.24) is 4.90 Å². The standard InChI is InChI=1S/C16H22ClNO/c1-15(2)10-7-11-16(3,4)18(15)14(19)12-8-5-6-9-13(12)17/h5-6,8-9H,7,10-11H2,1-4H3. The molecule has 0 N–H and O–H groups in total. The Morgan fingerprint density at radius 2 is 1.63 bits per heavy atom. The number of hydrogen-bond acceptors (Lipinski definition) is 1. The molecule has 1 aromatic carbocycles. The van der Waals surface area contributed by atoms with Crippen molar-refractivity contribution in [3.05, 3.63) is 34.9 Å². The van der Waals surface area contributed by atoms with Crippen LogP contribution in [0.1, 0.15) is 57.3 Å². The fourth-order valence-corrected chi connectivity index (χ4v) is 3.52. The Morgan fingerprint density at radius 1 is 1.11 bits per heavy atom. The summed E-state index contributed by atoms with van der Waals surface area (Å²) in [5.41, 5.74) is 0.350. The lowest BCUT2D eigenvalue weighted by Gasteiger charge is -2.53. The number of piperidine rings is 1. The maximum absolute atomic E-state index is 12.9. The minimum Gasteiger partial charge on any atom is -0.328 e. The summed E-state index contributed by atoms with van der Waals surface area (Å²) in [4.78, 5) is 14.9. The van der Waals surface area contributed by atoms with Gasteiger partial charge in [0.15, 0.2) is 0 Å². The van der Waals surface area contributed by atoms with Gasteiger partial charge in [0.1, 0.15) is 0 Å². The van der Waals surface area contributed by atoms with Crippen LogP contribution >= 0.6 is 11.6 Å². The van der Waals surface area contributed by atoms with Crippen molar-refractivity contribution in [2.24, 2.45) is 0 Å². The molecule has 19 heavy (non-hydrogen) atoms. The smallest absolute Gasteiger partial charge is 0.256 e. The molecule has 1 aliphatic rings. The molecule has 1 saturated heterocycles. The van der Waals surface area contributed by atoms with Gasteiger partial charge in [-0.15, -0.1) is 0 Å². The second-order valence-corrected chi connectivity index (χ2v) is 7.01. The van der Waals surface area contributed by atoms with E-state index in [1.165, 1.54) is 0 Å². The largest absolute Gasteiger partial charge is 0.328 e. The zero-order valence-corrected chi connectivity index (χ0v) is 12.9. The van der Waals surface area contributed by atoms with Gasteiger partial charge >= 0.3 is 0 Å². The predicted octanol–water partition coefficient (Wildman–Crippen LogP) is 4.52. The number of carbonyl (C=O) groups excluding carboxylic acids is 1. The Labute approximate surface area is 120 Å². The second-order valence-electron chi connectivity index (χ2n) is 6.60. The summed E-state index contributed by atoms with van der Waals surface area (Å²) in [6.07, 6.45) is 3.23. The first kappa shape index (κ1) is 14.4. The molecule has 0 bridgehead atoms. The summed E-state index contributed by atoms with van der Waals surface area (Å²) >= 11 is 6.18. The van der Waals surface area contributed by atoms with Gasteiger partial charge in [-0.1, -0.05) is 23.7 Å². The van der Waals surface area contributed by atoms with Gasteiger partial charge in [0.05, 0.1) is 10.6 Å². The van der Waals surface area contributed by atoms with E-state index in [2.05, 4.69) is 27.7 Å². The number of benzene rings is 1. The van der Waals surface area contributed by atoms with Crippen LogP contribution in [0, 0.1) is 0 Å². The number of amides is 1. The quantitative estimate of drug-likeness (QED) is 0.740. The van der Waals surface area contributed by atoms with Gasteiger partial charge in [0.25, 0.3) is 5.91 Å². The third-order valence-electron chi connectivity index (χ3n) is 4.10. The molecule has 2 rings (SSSR count). The maximum Gasteiger partial charge on any atom is 0.256 e. The van der Waals surface area contributed by atoms with E-state index in [0.29, 0.717) is 10.6 Å². The molecule has 1 fully saturated rings. The SMILES string of the molecule is CC1(C)CCCC(C)(C)N1C(=O)c1ccccc1Cl. The van der Waals surface area contributed by atoms with Crippen LogP contribution in [-0.4, -0.2) is 21.9 Å². The summed E-state index contributed by atoms with van der Waals surface area (Å²) in [5.74, 6) is 0.0419. The Balaban J connectivity index is 2.43. The van der Waals surface area contributed by atoms with E-state index in [1.54, 1.807) is 6.07 Å². The number of carbonyl (C=O) groups is 1. The molecule has 1 amide bonds. The van der Waals surface area contributed by atoms with Crippen LogP contribution in [-0.2, 0) is 0 Å². The van der Waals surface area contributed by atoms with Crippen molar-refractivity contribution in [2.45, 2.75) is 58.0 Å². The van der Waals surface area contributed by atoms with E-state index < -0.39 is 0 Å². The van der Waals surface area contributed by atoms with Gasteiger partial charge in [-0.25, -0.2) is 0 Å². The van der Waals surface area contributed by atoms with Crippen molar-refractivity contribution < 1.29 is 4.79 Å². The number of likely N-dealkylation sites (tertiary alicyclic amines) is 1. The van der Waals surface area contributed by atoms with Crippen molar-refractivity contribution in [2.75, 3.05) is 0 Å². The van der Waals surface area contributed by atoms with Crippen LogP contribution in [0.2, 0.25) is 5.02 Å². The average molecular weight is 280 g/mol. The van der Waals surface area contributed by atoms with Crippen LogP contribution in [0.4, 0.5) is 0 Å². The number of nitrogens with zero attached hydrogens (tertiary/aromatic N) is 1. The molecule has 0 unspecified atom stereocenters. The molecule has 0 spiro atoms. The van der Waals surface area contributed by atoms with Crippen molar-refractivity contribution in [1.29, 1.82) is 0 Å². The highest BCUT2D eigenvalue weighted by atomic mass is 35.5. The third kappa shape index (κ3) is 2.64. The monoisotopic (exact) mass is 279 g/mol. The minimum absolute atomic E-state index is 0.0419. The molecule has 3 heteroatoms. The fraction of sp³-hybridized carbons (Fsp3) is 0.562. The first-order chi connectivity index (χ1) is 8.76. The molecule has 0 radical (unpaired) electrons. The van der Waals surface area contributed by atoms with E-state index >= 15 is 0 Å². The summed E-state index contributed by atoms with van der Waals surface area (Å²) < 4.78 is 0. The maximum atomic E-state index is 12.9. The van der Waals surface area contributed by atoms with Gasteiger partial charge in [-0.05, 0) is 59.1 Å². The Kier molecular flexibility index (Phi) is 3.65. The van der Waals surface area contributed by atoms with Crippen LogP contribution in [0.15, 0.2) is 24.3 Å². The molecule has 0 aromatic heterocycles. The van der Waals surface area contributed by atoms with Gasteiger partial charge in [0, 0.05) is 11.1 Å². The number of rotatable bonds is 1. The zero-order valence-electron chi connectivity index (χ0n) is 12.2. The first-order valence-electron chi connectivity index (χ1n) is 6.85. The summed E-state index contributed by atoms with van der Waals surface area (Å²) in [7, 11) is 0. The highest BCUT2D eigenvalue weighted by Crippen LogP contribution is 2.39. The highest BCUT2D eigenvalue weighted by molar-refractivity contribution is 6.33. The summed E-state index contributed by atoms with van der Waals surface area (Å²) in [6.45, 7) is 8.57.